The van der Waals surface area contributed by atoms with E-state index in [1.54, 1.807) is 35.2 Å². The zero-order valence-electron chi connectivity index (χ0n) is 15.5. The Balaban J connectivity index is 1.55. The van der Waals surface area contributed by atoms with Crippen molar-refractivity contribution in [1.82, 2.24) is 4.90 Å². The van der Waals surface area contributed by atoms with Crippen LogP contribution in [0.3, 0.4) is 0 Å². The van der Waals surface area contributed by atoms with Crippen LogP contribution in [0.4, 0.5) is 10.1 Å². The van der Waals surface area contributed by atoms with Gasteiger partial charge >= 0.3 is 5.97 Å². The summed E-state index contributed by atoms with van der Waals surface area (Å²) in [6, 6.07) is 12.5. The fourth-order valence-electron chi connectivity index (χ4n) is 2.92. The molecule has 0 aromatic heterocycles. The molecule has 1 aliphatic heterocycles. The van der Waals surface area contributed by atoms with Crippen molar-refractivity contribution in [2.75, 3.05) is 11.9 Å². The number of carbonyl (C=O) groups is 3. The van der Waals surface area contributed by atoms with E-state index in [1.807, 2.05) is 0 Å². The van der Waals surface area contributed by atoms with Gasteiger partial charge < -0.3 is 15.0 Å². The third-order valence-corrected chi connectivity index (χ3v) is 4.52. The monoisotopic (exact) mass is 384 g/mol. The number of nitrogens with zero attached hydrogens (tertiary/aromatic N) is 1. The molecule has 1 saturated heterocycles. The quantitative estimate of drug-likeness (QED) is 0.777. The number of rotatable bonds is 6. The molecule has 6 nitrogen and oxygen atoms in total. The van der Waals surface area contributed by atoms with Crippen molar-refractivity contribution in [3.05, 3.63) is 65.5 Å². The second-order valence-corrected chi connectivity index (χ2v) is 6.63. The number of hydrogen-bond donors (Lipinski definition) is 1. The van der Waals surface area contributed by atoms with Gasteiger partial charge in [0.05, 0.1) is 11.3 Å². The summed E-state index contributed by atoms with van der Waals surface area (Å²) in [6.45, 7) is 2.67. The third kappa shape index (κ3) is 4.73. The molecule has 28 heavy (non-hydrogen) atoms. The van der Waals surface area contributed by atoms with Gasteiger partial charge in [0.2, 0.25) is 5.91 Å². The number of likely N-dealkylation sites (tertiary alicyclic amines) is 1. The highest BCUT2D eigenvalue weighted by molar-refractivity contribution is 5.97. The number of para-hydroxylation sites is 1. The van der Waals surface area contributed by atoms with Crippen molar-refractivity contribution in [2.24, 2.45) is 0 Å². The molecule has 0 radical (unpaired) electrons. The van der Waals surface area contributed by atoms with Gasteiger partial charge in [0.1, 0.15) is 5.82 Å². The normalized spacial score (nSPS) is 14.6. The van der Waals surface area contributed by atoms with Crippen LogP contribution in [0.1, 0.15) is 35.7 Å². The first-order valence-electron chi connectivity index (χ1n) is 9.07. The first-order valence-corrected chi connectivity index (χ1v) is 9.07. The fraction of sp³-hybridized carbons (Fsp3) is 0.286. The van der Waals surface area contributed by atoms with Gasteiger partial charge in [-0.3, -0.25) is 9.59 Å². The lowest BCUT2D eigenvalue weighted by molar-refractivity contribution is -0.128. The van der Waals surface area contributed by atoms with Crippen molar-refractivity contribution < 1.29 is 23.5 Å². The van der Waals surface area contributed by atoms with Crippen LogP contribution in [0.15, 0.2) is 48.5 Å². The van der Waals surface area contributed by atoms with E-state index < -0.39 is 23.8 Å². The molecular formula is C21H21FN2O4. The van der Waals surface area contributed by atoms with E-state index in [0.29, 0.717) is 18.5 Å². The molecule has 1 N–H and O–H groups in total. The van der Waals surface area contributed by atoms with Crippen LogP contribution in [0.25, 0.3) is 0 Å². The Kier molecular flexibility index (Phi) is 6.03. The summed E-state index contributed by atoms with van der Waals surface area (Å²) < 4.78 is 18.8. The number of carbonyl (C=O) groups excluding carboxylic acids is 3. The van der Waals surface area contributed by atoms with Crippen LogP contribution < -0.4 is 5.32 Å². The van der Waals surface area contributed by atoms with E-state index >= 15 is 0 Å². The van der Waals surface area contributed by atoms with Crippen LogP contribution in [0.5, 0.6) is 0 Å². The topological polar surface area (TPSA) is 75.7 Å². The smallest absolute Gasteiger partial charge is 0.338 e. The number of esters is 1. The number of amides is 2. The van der Waals surface area contributed by atoms with Crippen LogP contribution in [-0.4, -0.2) is 35.3 Å². The molecule has 1 heterocycles. The number of halogens is 1. The maximum Gasteiger partial charge on any atom is 0.338 e. The van der Waals surface area contributed by atoms with Crippen LogP contribution in [0.2, 0.25) is 0 Å². The summed E-state index contributed by atoms with van der Waals surface area (Å²) in [4.78, 5) is 37.8. The molecule has 1 fully saturated rings. The lowest BCUT2D eigenvalue weighted by Crippen LogP contribution is -2.30. The first kappa shape index (κ1) is 19.5. The van der Waals surface area contributed by atoms with E-state index in [2.05, 4.69) is 5.32 Å². The van der Waals surface area contributed by atoms with Gasteiger partial charge in [0.15, 0.2) is 6.10 Å². The summed E-state index contributed by atoms with van der Waals surface area (Å²) >= 11 is 0. The molecule has 0 bridgehead atoms. The van der Waals surface area contributed by atoms with E-state index in [4.69, 9.17) is 4.74 Å². The molecular weight excluding hydrogens is 363 g/mol. The summed E-state index contributed by atoms with van der Waals surface area (Å²) in [7, 11) is 0. The Labute approximate surface area is 162 Å². The Morgan fingerprint density at radius 3 is 2.54 bits per heavy atom. The SMILES string of the molecule is C[C@@H](OC(=O)c1ccc(CN2CCCC2=O)cc1)C(=O)Nc1ccccc1F. The summed E-state index contributed by atoms with van der Waals surface area (Å²) in [5.74, 6) is -1.71. The number of nitrogens with one attached hydrogen (secondary N) is 1. The zero-order chi connectivity index (χ0) is 20.1. The van der Waals surface area contributed by atoms with E-state index in [1.165, 1.54) is 25.1 Å². The van der Waals surface area contributed by atoms with Gasteiger partial charge in [-0.15, -0.1) is 0 Å². The maximum atomic E-state index is 13.6. The number of ether oxygens (including phenoxy) is 1. The fourth-order valence-corrected chi connectivity index (χ4v) is 2.92. The van der Waals surface area contributed by atoms with Gasteiger partial charge in [0, 0.05) is 19.5 Å². The molecule has 7 heteroatoms. The van der Waals surface area contributed by atoms with E-state index in [-0.39, 0.29) is 11.6 Å². The second kappa shape index (κ2) is 8.65. The molecule has 2 aromatic rings. The van der Waals surface area contributed by atoms with E-state index in [0.717, 1.165) is 18.5 Å². The van der Waals surface area contributed by atoms with Gasteiger partial charge in [0.25, 0.3) is 5.91 Å². The van der Waals surface area contributed by atoms with Crippen LogP contribution in [0, 0.1) is 5.82 Å². The van der Waals surface area contributed by atoms with Crippen molar-refractivity contribution >= 4 is 23.5 Å². The minimum Gasteiger partial charge on any atom is -0.449 e. The minimum atomic E-state index is -1.09. The highest BCUT2D eigenvalue weighted by atomic mass is 19.1. The third-order valence-electron chi connectivity index (χ3n) is 4.52. The van der Waals surface area contributed by atoms with Crippen molar-refractivity contribution in [2.45, 2.75) is 32.4 Å². The lowest BCUT2D eigenvalue weighted by Gasteiger charge is -2.16. The second-order valence-electron chi connectivity index (χ2n) is 6.63. The molecule has 1 atom stereocenters. The number of benzene rings is 2. The minimum absolute atomic E-state index is 0.0243. The van der Waals surface area contributed by atoms with Crippen LogP contribution >= 0.6 is 0 Å². The van der Waals surface area contributed by atoms with Gasteiger partial charge in [-0.05, 0) is 43.2 Å². The predicted octanol–water partition coefficient (Wildman–Crippen LogP) is 3.13. The van der Waals surface area contributed by atoms with Crippen LogP contribution in [-0.2, 0) is 20.9 Å². The first-order chi connectivity index (χ1) is 13.4. The molecule has 146 valence electrons. The van der Waals surface area contributed by atoms with Crippen molar-refractivity contribution in [3.63, 3.8) is 0 Å². The molecule has 1 aliphatic rings. The molecule has 2 aromatic carbocycles. The average molecular weight is 384 g/mol. The van der Waals surface area contributed by atoms with Gasteiger partial charge in [-0.25, -0.2) is 9.18 Å². The number of anilines is 1. The van der Waals surface area contributed by atoms with Crippen molar-refractivity contribution in [3.8, 4) is 0 Å². The molecule has 0 aliphatic carbocycles. The Bertz CT molecular complexity index is 882. The summed E-state index contributed by atoms with van der Waals surface area (Å²) in [5, 5.41) is 2.39. The number of hydrogen-bond acceptors (Lipinski definition) is 4. The molecule has 2 amide bonds. The predicted molar refractivity (Wildman–Crippen MR) is 101 cm³/mol. The molecule has 0 unspecified atom stereocenters. The highest BCUT2D eigenvalue weighted by Gasteiger charge is 2.21. The average Bonchev–Trinajstić information content (AvgIpc) is 3.08. The van der Waals surface area contributed by atoms with Gasteiger partial charge in [-0.1, -0.05) is 24.3 Å². The summed E-state index contributed by atoms with van der Waals surface area (Å²) in [5.41, 5.74) is 1.23. The Morgan fingerprint density at radius 2 is 1.89 bits per heavy atom. The highest BCUT2D eigenvalue weighted by Crippen LogP contribution is 2.16. The maximum absolute atomic E-state index is 13.6. The largest absolute Gasteiger partial charge is 0.449 e. The van der Waals surface area contributed by atoms with E-state index in [9.17, 15) is 18.8 Å². The van der Waals surface area contributed by atoms with Crippen molar-refractivity contribution in [1.29, 1.82) is 0 Å². The Hall–Kier alpha value is -3.22. The standard InChI is InChI=1S/C21H21FN2O4/c1-14(20(26)23-18-6-3-2-5-17(18)22)28-21(27)16-10-8-15(9-11-16)13-24-12-4-7-19(24)25/h2-3,5-6,8-11,14H,4,7,12-13H2,1H3,(H,23,26)/t14-/m1/s1. The van der Waals surface area contributed by atoms with Gasteiger partial charge in [-0.2, -0.15) is 0 Å². The zero-order valence-corrected chi connectivity index (χ0v) is 15.5. The Morgan fingerprint density at radius 1 is 1.18 bits per heavy atom. The lowest BCUT2D eigenvalue weighted by atomic mass is 10.1. The molecule has 0 spiro atoms. The molecule has 3 rings (SSSR count). The molecule has 0 saturated carbocycles. The summed E-state index contributed by atoms with van der Waals surface area (Å²) in [6.07, 6.45) is 0.363.